The van der Waals surface area contributed by atoms with E-state index in [-0.39, 0.29) is 6.42 Å². The van der Waals surface area contributed by atoms with Crippen LogP contribution >= 0.6 is 22.9 Å². The average Bonchev–Trinajstić information content (AvgIpc) is 2.96. The molecule has 0 bridgehead atoms. The van der Waals surface area contributed by atoms with Crippen LogP contribution in [0.5, 0.6) is 0 Å². The van der Waals surface area contributed by atoms with Gasteiger partial charge in [-0.2, -0.15) is 13.2 Å². The summed E-state index contributed by atoms with van der Waals surface area (Å²) in [6.45, 7) is 1.68. The molecule has 1 fully saturated rings. The number of aryl methyl sites for hydroxylation is 1. The summed E-state index contributed by atoms with van der Waals surface area (Å²) < 4.78 is 39.6. The van der Waals surface area contributed by atoms with Crippen LogP contribution in [0.1, 0.15) is 41.0 Å². The number of alkyl halides is 3. The maximum Gasteiger partial charge on any atom is 0.393 e. The fourth-order valence-corrected chi connectivity index (χ4v) is 4.44. The highest BCUT2D eigenvalue weighted by atomic mass is 35.5. The Bertz CT molecular complexity index is 806. The number of amides is 1. The van der Waals surface area contributed by atoms with Gasteiger partial charge in [0.1, 0.15) is 9.88 Å². The normalized spacial score (nSPS) is 20.8. The summed E-state index contributed by atoms with van der Waals surface area (Å²) in [4.78, 5) is 17.3. The standard InChI is InChI=1S/C18H18ClF3N2OS/c1-10-15(26-17(23-10)11-5-4-6-12(19)9-11)16(25)24-14-8-3-2-7-13(14)18(20,21)22/h4-6,9,13-14H,2-3,7-8H2,1H3,(H,24,25). The number of halogens is 4. The Balaban J connectivity index is 1.80. The molecule has 2 atom stereocenters. The first-order valence-electron chi connectivity index (χ1n) is 8.36. The number of carbonyl (C=O) groups is 1. The van der Waals surface area contributed by atoms with E-state index >= 15 is 0 Å². The van der Waals surface area contributed by atoms with Gasteiger partial charge in [0.15, 0.2) is 0 Å². The molecule has 2 aromatic rings. The molecule has 140 valence electrons. The zero-order valence-corrected chi connectivity index (χ0v) is 15.6. The molecule has 0 aliphatic heterocycles. The first kappa shape index (κ1) is 19.2. The van der Waals surface area contributed by atoms with Crippen LogP contribution in [-0.2, 0) is 0 Å². The molecule has 1 amide bonds. The summed E-state index contributed by atoms with van der Waals surface area (Å²) in [5.41, 5.74) is 1.28. The van der Waals surface area contributed by atoms with Crippen molar-refractivity contribution >= 4 is 28.8 Å². The van der Waals surface area contributed by atoms with Gasteiger partial charge in [-0.1, -0.05) is 36.6 Å². The molecule has 3 rings (SSSR count). The van der Waals surface area contributed by atoms with Crippen molar-refractivity contribution in [2.24, 2.45) is 5.92 Å². The van der Waals surface area contributed by atoms with Gasteiger partial charge in [0, 0.05) is 16.6 Å². The maximum absolute atomic E-state index is 13.2. The molecular formula is C18H18ClF3N2OS. The summed E-state index contributed by atoms with van der Waals surface area (Å²) in [6.07, 6.45) is -2.67. The lowest BCUT2D eigenvalue weighted by Gasteiger charge is -2.33. The molecule has 1 heterocycles. The van der Waals surface area contributed by atoms with Gasteiger partial charge in [0.05, 0.1) is 11.6 Å². The fourth-order valence-electron chi connectivity index (χ4n) is 3.28. The maximum atomic E-state index is 13.2. The van der Waals surface area contributed by atoms with E-state index in [9.17, 15) is 18.0 Å². The molecule has 8 heteroatoms. The Labute approximate surface area is 158 Å². The number of rotatable bonds is 3. The van der Waals surface area contributed by atoms with Crippen molar-refractivity contribution in [2.75, 3.05) is 0 Å². The van der Waals surface area contributed by atoms with Crippen LogP contribution in [-0.4, -0.2) is 23.1 Å². The van der Waals surface area contributed by atoms with Crippen LogP contribution in [0.3, 0.4) is 0 Å². The molecule has 1 aromatic heterocycles. The van der Waals surface area contributed by atoms with Crippen LogP contribution < -0.4 is 5.32 Å². The highest BCUT2D eigenvalue weighted by molar-refractivity contribution is 7.17. The van der Waals surface area contributed by atoms with Gasteiger partial charge in [0.25, 0.3) is 5.91 Å². The third kappa shape index (κ3) is 4.20. The van der Waals surface area contributed by atoms with Gasteiger partial charge >= 0.3 is 6.18 Å². The molecule has 1 aliphatic carbocycles. The zero-order valence-electron chi connectivity index (χ0n) is 14.1. The van der Waals surface area contributed by atoms with Crippen molar-refractivity contribution in [2.45, 2.75) is 44.8 Å². The molecule has 0 saturated heterocycles. The SMILES string of the molecule is Cc1nc(-c2cccc(Cl)c2)sc1C(=O)NC1CCCCC1C(F)(F)F. The highest BCUT2D eigenvalue weighted by Gasteiger charge is 2.46. The fraction of sp³-hybridized carbons (Fsp3) is 0.444. The minimum atomic E-state index is -4.30. The minimum Gasteiger partial charge on any atom is -0.348 e. The summed E-state index contributed by atoms with van der Waals surface area (Å²) in [5.74, 6) is -1.98. The molecular weight excluding hydrogens is 385 g/mol. The monoisotopic (exact) mass is 402 g/mol. The molecule has 1 N–H and O–H groups in total. The largest absolute Gasteiger partial charge is 0.393 e. The van der Waals surface area contributed by atoms with Crippen LogP contribution in [0.25, 0.3) is 10.6 Å². The lowest BCUT2D eigenvalue weighted by molar-refractivity contribution is -0.187. The number of carbonyl (C=O) groups excluding carboxylic acids is 1. The van der Waals surface area contributed by atoms with Crippen molar-refractivity contribution in [3.8, 4) is 10.6 Å². The van der Waals surface area contributed by atoms with E-state index in [0.29, 0.717) is 39.9 Å². The number of hydrogen-bond acceptors (Lipinski definition) is 3. The van der Waals surface area contributed by atoms with Gasteiger partial charge in [-0.3, -0.25) is 4.79 Å². The first-order chi connectivity index (χ1) is 12.3. The van der Waals surface area contributed by atoms with Crippen molar-refractivity contribution < 1.29 is 18.0 Å². The summed E-state index contributed by atoms with van der Waals surface area (Å²) in [5, 5.41) is 3.76. The Morgan fingerprint density at radius 1 is 1.31 bits per heavy atom. The average molecular weight is 403 g/mol. The number of nitrogens with one attached hydrogen (secondary N) is 1. The van der Waals surface area contributed by atoms with Crippen molar-refractivity contribution in [1.82, 2.24) is 10.3 Å². The van der Waals surface area contributed by atoms with Gasteiger partial charge in [-0.25, -0.2) is 4.98 Å². The Morgan fingerprint density at radius 2 is 2.04 bits per heavy atom. The second kappa shape index (κ2) is 7.56. The molecule has 1 aromatic carbocycles. The lowest BCUT2D eigenvalue weighted by atomic mass is 9.84. The Hall–Kier alpha value is -1.60. The second-order valence-electron chi connectivity index (χ2n) is 6.46. The molecule has 1 saturated carbocycles. The Morgan fingerprint density at radius 3 is 2.73 bits per heavy atom. The molecule has 3 nitrogen and oxygen atoms in total. The summed E-state index contributed by atoms with van der Waals surface area (Å²) in [7, 11) is 0. The highest BCUT2D eigenvalue weighted by Crippen LogP contribution is 2.38. The first-order valence-corrected chi connectivity index (χ1v) is 9.56. The second-order valence-corrected chi connectivity index (χ2v) is 7.89. The predicted molar refractivity (Wildman–Crippen MR) is 96.6 cm³/mol. The number of nitrogens with zero attached hydrogens (tertiary/aromatic N) is 1. The van der Waals surface area contributed by atoms with E-state index in [4.69, 9.17) is 11.6 Å². The zero-order chi connectivity index (χ0) is 18.9. The van der Waals surface area contributed by atoms with E-state index in [0.717, 1.165) is 16.9 Å². The number of thiazole rings is 1. The smallest absolute Gasteiger partial charge is 0.348 e. The molecule has 1 aliphatic rings. The molecule has 0 radical (unpaired) electrons. The van der Waals surface area contributed by atoms with E-state index in [1.165, 1.54) is 0 Å². The lowest BCUT2D eigenvalue weighted by Crippen LogP contribution is -2.47. The minimum absolute atomic E-state index is 0.0594. The quantitative estimate of drug-likeness (QED) is 0.723. The van der Waals surface area contributed by atoms with Crippen molar-refractivity contribution in [3.05, 3.63) is 39.9 Å². The van der Waals surface area contributed by atoms with Crippen LogP contribution in [0.4, 0.5) is 13.2 Å². The topological polar surface area (TPSA) is 42.0 Å². The van der Waals surface area contributed by atoms with Gasteiger partial charge < -0.3 is 5.32 Å². The van der Waals surface area contributed by atoms with Gasteiger partial charge in [0.2, 0.25) is 0 Å². The van der Waals surface area contributed by atoms with Crippen molar-refractivity contribution in [1.29, 1.82) is 0 Å². The van der Waals surface area contributed by atoms with Crippen LogP contribution in [0.15, 0.2) is 24.3 Å². The molecule has 26 heavy (non-hydrogen) atoms. The van der Waals surface area contributed by atoms with E-state index in [1.807, 2.05) is 6.07 Å². The van der Waals surface area contributed by atoms with E-state index in [1.54, 1.807) is 25.1 Å². The van der Waals surface area contributed by atoms with E-state index in [2.05, 4.69) is 10.3 Å². The summed E-state index contributed by atoms with van der Waals surface area (Å²) in [6, 6.07) is 6.20. The molecule has 0 spiro atoms. The number of hydrogen-bond donors (Lipinski definition) is 1. The van der Waals surface area contributed by atoms with Gasteiger partial charge in [-0.15, -0.1) is 11.3 Å². The van der Waals surface area contributed by atoms with Gasteiger partial charge in [-0.05, 0) is 31.9 Å². The summed E-state index contributed by atoms with van der Waals surface area (Å²) >= 11 is 7.15. The third-order valence-electron chi connectivity index (χ3n) is 4.58. The van der Waals surface area contributed by atoms with Crippen LogP contribution in [0, 0.1) is 12.8 Å². The van der Waals surface area contributed by atoms with E-state index < -0.39 is 24.0 Å². The number of benzene rings is 1. The van der Waals surface area contributed by atoms with Crippen LogP contribution in [0.2, 0.25) is 5.02 Å². The molecule has 2 unspecified atom stereocenters. The van der Waals surface area contributed by atoms with Crippen molar-refractivity contribution in [3.63, 3.8) is 0 Å². The Kier molecular flexibility index (Phi) is 5.58. The third-order valence-corrected chi connectivity index (χ3v) is 6.02. The number of aromatic nitrogens is 1. The predicted octanol–water partition coefficient (Wildman–Crippen LogP) is 5.62.